The highest BCUT2D eigenvalue weighted by Gasteiger charge is 2.38. The number of halogens is 1. The summed E-state index contributed by atoms with van der Waals surface area (Å²) < 4.78 is 15.3. The summed E-state index contributed by atoms with van der Waals surface area (Å²) in [6.45, 7) is 4.56. The number of hydrogen-bond donors (Lipinski definition) is 3. The third kappa shape index (κ3) is 5.42. The molecule has 0 radical (unpaired) electrons. The first-order valence-corrected chi connectivity index (χ1v) is 9.39. The summed E-state index contributed by atoms with van der Waals surface area (Å²) in [7, 11) is 0. The van der Waals surface area contributed by atoms with E-state index in [-0.39, 0.29) is 17.6 Å². The second-order valence-electron chi connectivity index (χ2n) is 6.53. The molecule has 2 amide bonds. The van der Waals surface area contributed by atoms with Gasteiger partial charge in [-0.3, -0.25) is 0 Å². The van der Waals surface area contributed by atoms with Gasteiger partial charge in [0.2, 0.25) is 0 Å². The lowest BCUT2D eigenvalue weighted by Crippen LogP contribution is -2.46. The Morgan fingerprint density at radius 1 is 1.38 bits per heavy atom. The molecular formula is C19H25FN4OS. The number of rotatable bonds is 6. The van der Waals surface area contributed by atoms with Crippen LogP contribution >= 0.6 is 11.8 Å². The highest BCUT2D eigenvalue weighted by Crippen LogP contribution is 2.44. The normalized spacial score (nSPS) is 18.1. The first-order valence-electron chi connectivity index (χ1n) is 8.57. The third-order valence-corrected chi connectivity index (χ3v) is 5.71. The molecule has 1 fully saturated rings. The van der Waals surface area contributed by atoms with Crippen molar-refractivity contribution in [2.75, 3.05) is 13.1 Å². The minimum Gasteiger partial charge on any atom is -0.325 e. The lowest BCUT2D eigenvalue weighted by Gasteiger charge is -2.37. The molecule has 1 aliphatic rings. The number of nitrogens with one attached hydrogen (secondary N) is 3. The van der Waals surface area contributed by atoms with Gasteiger partial charge in [0.25, 0.3) is 0 Å². The van der Waals surface area contributed by atoms with E-state index in [0.29, 0.717) is 25.9 Å². The topological polar surface area (TPSA) is 80.0 Å². The Balaban J connectivity index is 1.92. The Morgan fingerprint density at radius 2 is 2.08 bits per heavy atom. The summed E-state index contributed by atoms with van der Waals surface area (Å²) in [4.78, 5) is 14.8. The van der Waals surface area contributed by atoms with E-state index in [0.717, 1.165) is 22.9 Å². The van der Waals surface area contributed by atoms with Crippen molar-refractivity contribution < 1.29 is 9.18 Å². The van der Waals surface area contributed by atoms with E-state index in [9.17, 15) is 4.79 Å². The van der Waals surface area contributed by atoms with Crippen molar-refractivity contribution in [2.45, 2.75) is 36.6 Å². The molecule has 0 bridgehead atoms. The number of amides is 2. The molecular weight excluding hydrogens is 351 g/mol. The molecule has 0 aliphatic carbocycles. The number of piperidine rings is 1. The second kappa shape index (κ2) is 8.98. The number of aryl methyl sites for hydroxylation is 1. The predicted octanol–water partition coefficient (Wildman–Crippen LogP) is 4.38. The summed E-state index contributed by atoms with van der Waals surface area (Å²) in [6.07, 6.45) is 4.53. The maximum absolute atomic E-state index is 15.3. The van der Waals surface area contributed by atoms with Crippen molar-refractivity contribution in [3.05, 3.63) is 41.6 Å². The number of alkyl halides is 1. The molecule has 1 saturated heterocycles. The molecule has 7 heteroatoms. The third-order valence-electron chi connectivity index (χ3n) is 4.49. The summed E-state index contributed by atoms with van der Waals surface area (Å²) >= 11 is 1.25. The maximum atomic E-state index is 15.3. The van der Waals surface area contributed by atoms with Crippen molar-refractivity contribution in [3.8, 4) is 0 Å². The molecule has 0 aromatic heterocycles. The molecule has 1 aromatic carbocycles. The number of thioether (sulfide) groups is 1. The summed E-state index contributed by atoms with van der Waals surface area (Å²) in [5.74, 6) is -0.128. The van der Waals surface area contributed by atoms with Crippen molar-refractivity contribution in [1.82, 2.24) is 10.2 Å². The number of hydrogen-bond acceptors (Lipinski definition) is 4. The number of urea groups is 1. The second-order valence-corrected chi connectivity index (χ2v) is 8.00. The minimum absolute atomic E-state index is 0.128. The molecule has 1 atom stereocenters. The first kappa shape index (κ1) is 20.2. The van der Waals surface area contributed by atoms with Crippen LogP contribution in [0.4, 0.5) is 9.18 Å². The summed E-state index contributed by atoms with van der Waals surface area (Å²) in [5, 5.41) is 15.4. The Hall–Kier alpha value is -2.15. The van der Waals surface area contributed by atoms with Crippen LogP contribution in [0.3, 0.4) is 0 Å². The summed E-state index contributed by atoms with van der Waals surface area (Å²) in [6, 6.07) is 7.52. The van der Waals surface area contributed by atoms with Gasteiger partial charge in [-0.2, -0.15) is 0 Å². The predicted molar refractivity (Wildman–Crippen MR) is 105 cm³/mol. The maximum Gasteiger partial charge on any atom is 0.321 e. The molecule has 140 valence electrons. The fourth-order valence-corrected chi connectivity index (χ4v) is 4.26. The number of nitrogens with zero attached hydrogens (tertiary/aromatic N) is 1. The zero-order valence-corrected chi connectivity index (χ0v) is 15.9. The van der Waals surface area contributed by atoms with Gasteiger partial charge in [0.05, 0.1) is 5.70 Å². The van der Waals surface area contributed by atoms with Crippen molar-refractivity contribution in [2.24, 2.45) is 5.92 Å². The lowest BCUT2D eigenvalue weighted by atomic mass is 9.92. The van der Waals surface area contributed by atoms with Gasteiger partial charge >= 0.3 is 6.03 Å². The van der Waals surface area contributed by atoms with E-state index < -0.39 is 5.00 Å². The number of likely N-dealkylation sites (tertiary alicyclic amines) is 1. The smallest absolute Gasteiger partial charge is 0.321 e. The fraction of sp³-hybridized carbons (Fsp3) is 0.421. The highest BCUT2D eigenvalue weighted by atomic mass is 32.2. The summed E-state index contributed by atoms with van der Waals surface area (Å²) in [5.41, 5.74) is 1.37. The SMILES string of the molecule is Cc1cccc(SC(C)(F)C2CCN(C(=O)N/C(C=N)=C/C=N)CC2)c1. The lowest BCUT2D eigenvalue weighted by molar-refractivity contribution is 0.120. The minimum atomic E-state index is -1.39. The average Bonchev–Trinajstić information content (AvgIpc) is 2.61. The Kier molecular flexibility index (Phi) is 6.97. The van der Waals surface area contributed by atoms with E-state index >= 15 is 4.39 Å². The van der Waals surface area contributed by atoms with Crippen LogP contribution in [0.1, 0.15) is 25.3 Å². The van der Waals surface area contributed by atoms with E-state index in [4.69, 9.17) is 10.8 Å². The van der Waals surface area contributed by atoms with Crippen molar-refractivity contribution >= 4 is 30.2 Å². The highest BCUT2D eigenvalue weighted by molar-refractivity contribution is 8.00. The van der Waals surface area contributed by atoms with Gasteiger partial charge in [0.15, 0.2) is 5.00 Å². The first-order chi connectivity index (χ1) is 12.4. The van der Waals surface area contributed by atoms with Crippen LogP contribution < -0.4 is 5.32 Å². The zero-order valence-electron chi connectivity index (χ0n) is 15.1. The van der Waals surface area contributed by atoms with Crippen LogP contribution in [0, 0.1) is 23.7 Å². The van der Waals surface area contributed by atoms with Crippen LogP contribution in [0.2, 0.25) is 0 Å². The quantitative estimate of drug-likeness (QED) is 0.509. The largest absolute Gasteiger partial charge is 0.325 e. The number of allylic oxidation sites excluding steroid dienone is 2. The molecule has 3 N–H and O–H groups in total. The van der Waals surface area contributed by atoms with Gasteiger partial charge in [-0.1, -0.05) is 29.5 Å². The van der Waals surface area contributed by atoms with Gasteiger partial charge in [-0.25, -0.2) is 9.18 Å². The van der Waals surface area contributed by atoms with Crippen LogP contribution in [0.5, 0.6) is 0 Å². The monoisotopic (exact) mass is 376 g/mol. The van der Waals surface area contributed by atoms with Crippen molar-refractivity contribution in [3.63, 3.8) is 0 Å². The molecule has 1 aliphatic heterocycles. The molecule has 5 nitrogen and oxygen atoms in total. The van der Waals surface area contributed by atoms with Gasteiger partial charge < -0.3 is 21.0 Å². The molecule has 0 saturated carbocycles. The molecule has 0 spiro atoms. The number of carbonyl (C=O) groups excluding carboxylic acids is 1. The molecule has 26 heavy (non-hydrogen) atoms. The van der Waals surface area contributed by atoms with Crippen LogP contribution in [0.15, 0.2) is 40.9 Å². The van der Waals surface area contributed by atoms with Crippen LogP contribution in [-0.4, -0.2) is 41.5 Å². The average molecular weight is 377 g/mol. The van der Waals surface area contributed by atoms with Gasteiger partial charge in [-0.05, 0) is 44.9 Å². The van der Waals surface area contributed by atoms with Gasteiger partial charge in [0.1, 0.15) is 0 Å². The van der Waals surface area contributed by atoms with E-state index in [1.807, 2.05) is 31.2 Å². The van der Waals surface area contributed by atoms with Gasteiger partial charge in [0, 0.05) is 36.3 Å². The Morgan fingerprint density at radius 3 is 2.65 bits per heavy atom. The van der Waals surface area contributed by atoms with Crippen LogP contribution in [0.25, 0.3) is 0 Å². The van der Waals surface area contributed by atoms with E-state index in [1.165, 1.54) is 17.8 Å². The zero-order chi connectivity index (χ0) is 19.2. The Labute approximate surface area is 158 Å². The number of benzene rings is 1. The van der Waals surface area contributed by atoms with E-state index in [2.05, 4.69) is 5.32 Å². The van der Waals surface area contributed by atoms with E-state index in [1.54, 1.807) is 11.8 Å². The fourth-order valence-electron chi connectivity index (χ4n) is 3.01. The number of carbonyl (C=O) groups is 1. The Bertz CT molecular complexity index is 697. The molecule has 1 heterocycles. The standard InChI is InChI=1S/C19H25FN4OS/c1-14-4-3-5-17(12-14)26-19(2,20)15-7-10-24(11-8-15)18(25)23-16(13-22)6-9-21/h3-6,9,12-13,15,21-22H,7-8,10-11H2,1-2H3,(H,23,25)/b16-6+,21-9?,22-13?. The van der Waals surface area contributed by atoms with Crippen LogP contribution in [-0.2, 0) is 0 Å². The molecule has 1 unspecified atom stereocenters. The molecule has 1 aromatic rings. The van der Waals surface area contributed by atoms with Gasteiger partial charge in [-0.15, -0.1) is 0 Å². The van der Waals surface area contributed by atoms with Crippen molar-refractivity contribution in [1.29, 1.82) is 10.8 Å². The molecule has 2 rings (SSSR count).